The molecule has 3 aromatic carbocycles. The number of hydrogen-bond donors (Lipinski definition) is 1. The Hall–Kier alpha value is -4.45. The molecule has 46 heavy (non-hydrogen) atoms. The number of hydrogen-bond acceptors (Lipinski definition) is 8. The van der Waals surface area contributed by atoms with Crippen LogP contribution in [0.15, 0.2) is 65.6 Å². The van der Waals surface area contributed by atoms with Crippen molar-refractivity contribution in [2.24, 2.45) is 0 Å². The molecule has 2 amide bonds. The maximum atomic E-state index is 14.5. The number of carbonyl (C=O) groups is 2. The van der Waals surface area contributed by atoms with Crippen molar-refractivity contribution in [1.82, 2.24) is 10.2 Å². The molecule has 0 heterocycles. The Kier molecular flexibility index (Phi) is 13.1. The van der Waals surface area contributed by atoms with Crippen LogP contribution in [0.5, 0.6) is 23.0 Å². The van der Waals surface area contributed by atoms with E-state index >= 15 is 0 Å². The molecule has 0 fully saturated rings. The first-order chi connectivity index (χ1) is 22.1. The summed E-state index contributed by atoms with van der Waals surface area (Å²) in [5, 5.41) is 2.94. The predicted molar refractivity (Wildman–Crippen MR) is 177 cm³/mol. The van der Waals surface area contributed by atoms with Crippen molar-refractivity contribution in [2.45, 2.75) is 57.5 Å². The summed E-state index contributed by atoms with van der Waals surface area (Å²) in [4.78, 5) is 29.2. The zero-order valence-corrected chi connectivity index (χ0v) is 28.5. The normalized spacial score (nSPS) is 11.7. The minimum atomic E-state index is -4.43. The first kappa shape index (κ1) is 36.0. The Labute approximate surface area is 272 Å². The minimum Gasteiger partial charge on any atom is -0.497 e. The minimum absolute atomic E-state index is 0.0845. The molecule has 0 aliphatic carbocycles. The van der Waals surface area contributed by atoms with Crippen molar-refractivity contribution in [2.75, 3.05) is 45.8 Å². The standard InChI is InChI=1S/C34H45N3O8S/c1-8-10-19-35-34(39)28(9-2)36(22-25-14-12-11-13-24(25)3)33(38)23-37(29-20-26(42-4)15-17-30(29)43-5)46(40,41)27-16-18-31(44-6)32(21-27)45-7/h11-18,20-21,28H,8-10,19,22-23H2,1-7H3,(H,35,39). The summed E-state index contributed by atoms with van der Waals surface area (Å²) in [5.41, 5.74) is 1.86. The first-order valence-corrected chi connectivity index (χ1v) is 16.6. The van der Waals surface area contributed by atoms with Crippen molar-refractivity contribution in [3.63, 3.8) is 0 Å². The fourth-order valence-corrected chi connectivity index (χ4v) is 6.44. The van der Waals surface area contributed by atoms with Crippen LogP contribution in [0.1, 0.15) is 44.2 Å². The third kappa shape index (κ3) is 8.42. The molecule has 0 aliphatic rings. The van der Waals surface area contributed by atoms with E-state index < -0.39 is 28.5 Å². The number of sulfonamides is 1. The highest BCUT2D eigenvalue weighted by Crippen LogP contribution is 2.38. The number of carbonyl (C=O) groups excluding carboxylic acids is 2. The molecule has 0 bridgehead atoms. The lowest BCUT2D eigenvalue weighted by atomic mass is 10.1. The molecule has 0 saturated carbocycles. The van der Waals surface area contributed by atoms with Gasteiger partial charge in [-0.2, -0.15) is 0 Å². The summed E-state index contributed by atoms with van der Waals surface area (Å²) >= 11 is 0. The van der Waals surface area contributed by atoms with Crippen molar-refractivity contribution in [3.05, 3.63) is 71.8 Å². The number of aryl methyl sites for hydroxylation is 1. The average molecular weight is 656 g/mol. The number of amides is 2. The Morgan fingerprint density at radius 2 is 1.52 bits per heavy atom. The number of rotatable bonds is 17. The monoisotopic (exact) mass is 655 g/mol. The molecule has 0 aliphatic heterocycles. The SMILES string of the molecule is CCCCNC(=O)C(CC)N(Cc1ccccc1C)C(=O)CN(c1cc(OC)ccc1OC)S(=O)(=O)c1ccc(OC)c(OC)c1. The molecule has 1 atom stereocenters. The fourth-order valence-electron chi connectivity index (χ4n) is 5.01. The second-order valence-corrected chi connectivity index (χ2v) is 12.4. The van der Waals surface area contributed by atoms with Gasteiger partial charge in [-0.3, -0.25) is 13.9 Å². The molecule has 1 N–H and O–H groups in total. The van der Waals surface area contributed by atoms with E-state index in [-0.39, 0.29) is 34.5 Å². The van der Waals surface area contributed by atoms with Gasteiger partial charge in [0, 0.05) is 25.2 Å². The van der Waals surface area contributed by atoms with E-state index in [1.165, 1.54) is 57.6 Å². The topological polar surface area (TPSA) is 124 Å². The number of methoxy groups -OCH3 is 4. The van der Waals surface area contributed by atoms with Gasteiger partial charge in [0.1, 0.15) is 24.1 Å². The number of unbranched alkanes of at least 4 members (excludes halogenated alkanes) is 1. The van der Waals surface area contributed by atoms with Crippen LogP contribution in [0.4, 0.5) is 5.69 Å². The Morgan fingerprint density at radius 3 is 2.13 bits per heavy atom. The van der Waals surface area contributed by atoms with Gasteiger partial charge in [-0.05, 0) is 55.2 Å². The molecule has 0 radical (unpaired) electrons. The second-order valence-electron chi connectivity index (χ2n) is 10.6. The average Bonchev–Trinajstić information content (AvgIpc) is 3.07. The van der Waals surface area contributed by atoms with E-state index in [1.54, 1.807) is 12.1 Å². The largest absolute Gasteiger partial charge is 0.497 e. The van der Waals surface area contributed by atoms with Gasteiger partial charge in [0.2, 0.25) is 11.8 Å². The van der Waals surface area contributed by atoms with Crippen LogP contribution >= 0.6 is 0 Å². The van der Waals surface area contributed by atoms with Gasteiger partial charge >= 0.3 is 0 Å². The molecule has 3 aromatic rings. The lowest BCUT2D eigenvalue weighted by molar-refractivity contribution is -0.140. The maximum absolute atomic E-state index is 14.5. The number of nitrogens with zero attached hydrogens (tertiary/aromatic N) is 2. The highest BCUT2D eigenvalue weighted by Gasteiger charge is 2.35. The van der Waals surface area contributed by atoms with Crippen LogP contribution < -0.4 is 28.6 Å². The van der Waals surface area contributed by atoms with Crippen molar-refractivity contribution in [1.29, 1.82) is 0 Å². The number of ether oxygens (including phenoxy) is 4. The number of nitrogens with one attached hydrogen (secondary N) is 1. The summed E-state index contributed by atoms with van der Waals surface area (Å²) in [6.45, 7) is 5.72. The predicted octanol–water partition coefficient (Wildman–Crippen LogP) is 4.95. The van der Waals surface area contributed by atoms with Crippen LogP contribution in [0.25, 0.3) is 0 Å². The number of anilines is 1. The fraction of sp³-hybridized carbons (Fsp3) is 0.412. The molecule has 0 spiro atoms. The molecular weight excluding hydrogens is 610 g/mol. The molecule has 3 rings (SSSR count). The van der Waals surface area contributed by atoms with Gasteiger partial charge in [-0.15, -0.1) is 0 Å². The molecule has 12 heteroatoms. The summed E-state index contributed by atoms with van der Waals surface area (Å²) in [6, 6.07) is 15.6. The van der Waals surface area contributed by atoms with Crippen LogP contribution in [0.3, 0.4) is 0 Å². The van der Waals surface area contributed by atoms with Crippen LogP contribution in [-0.2, 0) is 26.2 Å². The third-order valence-corrected chi connectivity index (χ3v) is 9.45. The lowest BCUT2D eigenvalue weighted by Crippen LogP contribution is -2.52. The van der Waals surface area contributed by atoms with E-state index in [4.69, 9.17) is 18.9 Å². The smallest absolute Gasteiger partial charge is 0.265 e. The summed E-state index contributed by atoms with van der Waals surface area (Å²) in [7, 11) is 1.28. The van der Waals surface area contributed by atoms with Crippen LogP contribution in [0.2, 0.25) is 0 Å². The van der Waals surface area contributed by atoms with Gasteiger partial charge < -0.3 is 29.2 Å². The summed E-state index contributed by atoms with van der Waals surface area (Å²) in [5.74, 6) is 0.221. The van der Waals surface area contributed by atoms with E-state index in [1.807, 2.05) is 45.0 Å². The quantitative estimate of drug-likeness (QED) is 0.203. The van der Waals surface area contributed by atoms with Crippen molar-refractivity contribution in [3.8, 4) is 23.0 Å². The third-order valence-electron chi connectivity index (χ3n) is 7.69. The first-order valence-electron chi connectivity index (χ1n) is 15.1. The highest BCUT2D eigenvalue weighted by atomic mass is 32.2. The van der Waals surface area contributed by atoms with Gasteiger partial charge in [0.05, 0.1) is 39.0 Å². The van der Waals surface area contributed by atoms with Crippen molar-refractivity contribution < 1.29 is 37.0 Å². The number of benzene rings is 3. The van der Waals surface area contributed by atoms with E-state index in [9.17, 15) is 18.0 Å². The van der Waals surface area contributed by atoms with E-state index in [0.29, 0.717) is 24.5 Å². The Balaban J connectivity index is 2.18. The molecular formula is C34H45N3O8S. The molecule has 0 aromatic heterocycles. The van der Waals surface area contributed by atoms with E-state index in [2.05, 4.69) is 5.32 Å². The maximum Gasteiger partial charge on any atom is 0.265 e. The highest BCUT2D eigenvalue weighted by molar-refractivity contribution is 7.92. The Morgan fingerprint density at radius 1 is 0.848 bits per heavy atom. The van der Waals surface area contributed by atoms with Crippen molar-refractivity contribution >= 4 is 27.5 Å². The molecule has 11 nitrogen and oxygen atoms in total. The van der Waals surface area contributed by atoms with Gasteiger partial charge in [0.25, 0.3) is 10.0 Å². The van der Waals surface area contributed by atoms with Crippen LogP contribution in [0, 0.1) is 6.92 Å². The second kappa shape index (κ2) is 16.7. The zero-order valence-electron chi connectivity index (χ0n) is 27.7. The van der Waals surface area contributed by atoms with Crippen LogP contribution in [-0.4, -0.2) is 72.7 Å². The zero-order chi connectivity index (χ0) is 33.9. The van der Waals surface area contributed by atoms with Gasteiger partial charge in [-0.25, -0.2) is 8.42 Å². The molecule has 250 valence electrons. The van der Waals surface area contributed by atoms with Gasteiger partial charge in [-0.1, -0.05) is 44.5 Å². The van der Waals surface area contributed by atoms with Gasteiger partial charge in [0.15, 0.2) is 11.5 Å². The van der Waals surface area contributed by atoms with E-state index in [0.717, 1.165) is 28.3 Å². The lowest BCUT2D eigenvalue weighted by Gasteiger charge is -2.34. The molecule has 1 unspecified atom stereocenters. The summed E-state index contributed by atoms with van der Waals surface area (Å²) in [6.07, 6.45) is 2.01. The molecule has 0 saturated heterocycles. The Bertz CT molecular complexity index is 1590. The summed E-state index contributed by atoms with van der Waals surface area (Å²) < 4.78 is 51.6.